The first kappa shape index (κ1) is 12.2. The predicted octanol–water partition coefficient (Wildman–Crippen LogP) is 3.18. The Balaban J connectivity index is 2.56. The van der Waals surface area contributed by atoms with Gasteiger partial charge in [-0.05, 0) is 24.6 Å². The number of hydrogen-bond acceptors (Lipinski definition) is 2. The third kappa shape index (κ3) is 2.20. The Morgan fingerprint density at radius 3 is 2.56 bits per heavy atom. The SMILES string of the molecule is Cc1cccc(C=O)c1C(=O)c1cccc(F)c1. The quantitative estimate of drug-likeness (QED) is 0.612. The highest BCUT2D eigenvalue weighted by Gasteiger charge is 2.16. The molecule has 0 unspecified atom stereocenters. The van der Waals surface area contributed by atoms with Gasteiger partial charge in [-0.2, -0.15) is 0 Å². The summed E-state index contributed by atoms with van der Waals surface area (Å²) in [6, 6.07) is 10.5. The number of ketones is 1. The lowest BCUT2D eigenvalue weighted by molar-refractivity contribution is 0.102. The Morgan fingerprint density at radius 1 is 1.17 bits per heavy atom. The van der Waals surface area contributed by atoms with E-state index in [1.54, 1.807) is 25.1 Å². The van der Waals surface area contributed by atoms with Crippen molar-refractivity contribution in [3.8, 4) is 0 Å². The third-order valence-electron chi connectivity index (χ3n) is 2.75. The fourth-order valence-electron chi connectivity index (χ4n) is 1.87. The number of rotatable bonds is 3. The first-order chi connectivity index (χ1) is 8.63. The predicted molar refractivity (Wildman–Crippen MR) is 66.4 cm³/mol. The Bertz CT molecular complexity index is 618. The molecule has 0 radical (unpaired) electrons. The van der Waals surface area contributed by atoms with Gasteiger partial charge in [0.1, 0.15) is 5.82 Å². The van der Waals surface area contributed by atoms with Crippen LogP contribution in [0.25, 0.3) is 0 Å². The monoisotopic (exact) mass is 242 g/mol. The average molecular weight is 242 g/mol. The molecule has 2 rings (SSSR count). The number of benzene rings is 2. The molecule has 0 fully saturated rings. The molecule has 0 atom stereocenters. The molecule has 0 amide bonds. The Kier molecular flexibility index (Phi) is 3.33. The van der Waals surface area contributed by atoms with Gasteiger partial charge in [-0.15, -0.1) is 0 Å². The van der Waals surface area contributed by atoms with Crippen LogP contribution >= 0.6 is 0 Å². The van der Waals surface area contributed by atoms with E-state index < -0.39 is 5.82 Å². The van der Waals surface area contributed by atoms with E-state index >= 15 is 0 Å². The molecular weight excluding hydrogens is 231 g/mol. The van der Waals surface area contributed by atoms with E-state index in [2.05, 4.69) is 0 Å². The molecule has 0 aromatic heterocycles. The highest BCUT2D eigenvalue weighted by atomic mass is 19.1. The fraction of sp³-hybridized carbons (Fsp3) is 0.0667. The standard InChI is InChI=1S/C15H11FO2/c1-10-4-2-6-12(9-17)14(10)15(18)11-5-3-7-13(16)8-11/h2-9H,1H3. The highest BCUT2D eigenvalue weighted by molar-refractivity contribution is 6.13. The van der Waals surface area contributed by atoms with Crippen LogP contribution in [0.3, 0.4) is 0 Å². The molecule has 0 N–H and O–H groups in total. The maximum absolute atomic E-state index is 13.1. The molecule has 18 heavy (non-hydrogen) atoms. The van der Waals surface area contributed by atoms with E-state index in [-0.39, 0.29) is 11.3 Å². The van der Waals surface area contributed by atoms with Crippen LogP contribution < -0.4 is 0 Å². The van der Waals surface area contributed by atoms with Crippen molar-refractivity contribution in [1.82, 2.24) is 0 Å². The van der Waals surface area contributed by atoms with Gasteiger partial charge < -0.3 is 0 Å². The molecule has 0 saturated heterocycles. The minimum Gasteiger partial charge on any atom is -0.298 e. The smallest absolute Gasteiger partial charge is 0.194 e. The number of carbonyl (C=O) groups is 2. The number of carbonyl (C=O) groups excluding carboxylic acids is 2. The summed E-state index contributed by atoms with van der Waals surface area (Å²) in [5.41, 5.74) is 1.60. The van der Waals surface area contributed by atoms with E-state index in [1.807, 2.05) is 0 Å². The van der Waals surface area contributed by atoms with Gasteiger partial charge in [0.25, 0.3) is 0 Å². The van der Waals surface area contributed by atoms with Crippen molar-refractivity contribution in [2.24, 2.45) is 0 Å². The lowest BCUT2D eigenvalue weighted by Crippen LogP contribution is -2.07. The van der Waals surface area contributed by atoms with E-state index in [9.17, 15) is 14.0 Å². The summed E-state index contributed by atoms with van der Waals surface area (Å²) < 4.78 is 13.1. The molecule has 2 aromatic carbocycles. The van der Waals surface area contributed by atoms with Crippen LogP contribution in [-0.2, 0) is 0 Å². The molecule has 90 valence electrons. The van der Waals surface area contributed by atoms with Gasteiger partial charge in [0.15, 0.2) is 12.1 Å². The van der Waals surface area contributed by atoms with Crippen LogP contribution in [0.5, 0.6) is 0 Å². The van der Waals surface area contributed by atoms with Crippen LogP contribution in [-0.4, -0.2) is 12.1 Å². The summed E-state index contributed by atoms with van der Waals surface area (Å²) in [7, 11) is 0. The van der Waals surface area contributed by atoms with Crippen molar-refractivity contribution in [1.29, 1.82) is 0 Å². The Labute approximate surface area is 104 Å². The van der Waals surface area contributed by atoms with Crippen LogP contribution in [0.4, 0.5) is 4.39 Å². The molecule has 0 spiro atoms. The van der Waals surface area contributed by atoms with Crippen LogP contribution in [0.2, 0.25) is 0 Å². The average Bonchev–Trinajstić information content (AvgIpc) is 2.37. The summed E-state index contributed by atoms with van der Waals surface area (Å²) in [4.78, 5) is 23.2. The lowest BCUT2D eigenvalue weighted by Gasteiger charge is -2.07. The summed E-state index contributed by atoms with van der Waals surface area (Å²) >= 11 is 0. The Hall–Kier alpha value is -2.29. The first-order valence-corrected chi connectivity index (χ1v) is 5.48. The second-order valence-corrected chi connectivity index (χ2v) is 4.00. The largest absolute Gasteiger partial charge is 0.298 e. The van der Waals surface area contributed by atoms with Gasteiger partial charge in [0.05, 0.1) is 0 Å². The minimum atomic E-state index is -0.470. The fourth-order valence-corrected chi connectivity index (χ4v) is 1.87. The summed E-state index contributed by atoms with van der Waals surface area (Å²) in [5, 5.41) is 0. The van der Waals surface area contributed by atoms with Crippen molar-refractivity contribution in [2.75, 3.05) is 0 Å². The van der Waals surface area contributed by atoms with Crippen LogP contribution in [0.15, 0.2) is 42.5 Å². The van der Waals surface area contributed by atoms with Crippen molar-refractivity contribution in [3.63, 3.8) is 0 Å². The van der Waals surface area contributed by atoms with Gasteiger partial charge >= 0.3 is 0 Å². The maximum Gasteiger partial charge on any atom is 0.194 e. The molecule has 0 bridgehead atoms. The van der Waals surface area contributed by atoms with Crippen molar-refractivity contribution in [2.45, 2.75) is 6.92 Å². The number of hydrogen-bond donors (Lipinski definition) is 0. The number of aldehydes is 1. The molecule has 2 nitrogen and oxygen atoms in total. The van der Waals surface area contributed by atoms with Gasteiger partial charge in [-0.1, -0.05) is 30.3 Å². The molecule has 0 saturated carbocycles. The molecule has 0 aliphatic rings. The van der Waals surface area contributed by atoms with Crippen LogP contribution in [0, 0.1) is 12.7 Å². The van der Waals surface area contributed by atoms with Gasteiger partial charge in [-0.3, -0.25) is 9.59 Å². The van der Waals surface area contributed by atoms with Gasteiger partial charge in [0.2, 0.25) is 0 Å². The minimum absolute atomic E-state index is 0.243. The van der Waals surface area contributed by atoms with E-state index in [0.717, 1.165) is 0 Å². The summed E-state index contributed by atoms with van der Waals surface area (Å²) in [6.07, 6.45) is 0.638. The van der Waals surface area contributed by atoms with Gasteiger partial charge in [0, 0.05) is 16.7 Å². The zero-order chi connectivity index (χ0) is 13.1. The van der Waals surface area contributed by atoms with Crippen molar-refractivity contribution >= 4 is 12.1 Å². The maximum atomic E-state index is 13.1. The second-order valence-electron chi connectivity index (χ2n) is 4.00. The highest BCUT2D eigenvalue weighted by Crippen LogP contribution is 2.18. The van der Waals surface area contributed by atoms with Crippen molar-refractivity contribution in [3.05, 3.63) is 70.5 Å². The summed E-state index contributed by atoms with van der Waals surface area (Å²) in [6.45, 7) is 1.75. The Morgan fingerprint density at radius 2 is 1.89 bits per heavy atom. The molecule has 0 heterocycles. The topological polar surface area (TPSA) is 34.1 Å². The van der Waals surface area contributed by atoms with E-state index in [4.69, 9.17) is 0 Å². The van der Waals surface area contributed by atoms with Gasteiger partial charge in [-0.25, -0.2) is 4.39 Å². The molecule has 3 heteroatoms. The lowest BCUT2D eigenvalue weighted by atomic mass is 9.95. The second kappa shape index (κ2) is 4.92. The molecule has 0 aliphatic carbocycles. The first-order valence-electron chi connectivity index (χ1n) is 5.48. The molecule has 0 aliphatic heterocycles. The normalized spacial score (nSPS) is 10.1. The van der Waals surface area contributed by atoms with Crippen LogP contribution in [0.1, 0.15) is 31.8 Å². The molecular formula is C15H11FO2. The summed E-state index contributed by atoms with van der Waals surface area (Å²) in [5.74, 6) is -0.809. The third-order valence-corrected chi connectivity index (χ3v) is 2.75. The van der Waals surface area contributed by atoms with E-state index in [1.165, 1.54) is 24.3 Å². The van der Waals surface area contributed by atoms with Crippen molar-refractivity contribution < 1.29 is 14.0 Å². The van der Waals surface area contributed by atoms with E-state index in [0.29, 0.717) is 23.0 Å². The number of aryl methyl sites for hydroxylation is 1. The zero-order valence-electron chi connectivity index (χ0n) is 9.81. The zero-order valence-corrected chi connectivity index (χ0v) is 9.81. The number of halogens is 1. The molecule has 2 aromatic rings.